The maximum Gasteiger partial charge on any atom is 0.312 e. The van der Waals surface area contributed by atoms with Crippen molar-refractivity contribution >= 4 is 17.8 Å². The van der Waals surface area contributed by atoms with Crippen LogP contribution in [0.3, 0.4) is 0 Å². The standard InChI is InChI=1S/C26H20O7/c1-30-19-6-4-3-5-15(19)12-22-25(29)16-8-10-21-24(26(16)33-22)17(13-23(28)32-21)14-7-9-20(31-2)18(27)11-14/h3-12,17,27H,13H2,1-2H3/b22-12-/t17-/m0/s1. The maximum atomic E-state index is 13.1. The van der Waals surface area contributed by atoms with Crippen LogP contribution < -0.4 is 18.9 Å². The lowest BCUT2D eigenvalue weighted by Crippen LogP contribution is -2.21. The van der Waals surface area contributed by atoms with Crippen LogP contribution in [-0.2, 0) is 4.79 Å². The number of esters is 1. The predicted molar refractivity (Wildman–Crippen MR) is 119 cm³/mol. The number of rotatable bonds is 4. The summed E-state index contributed by atoms with van der Waals surface area (Å²) in [5.74, 6) is 0.579. The van der Waals surface area contributed by atoms with E-state index in [9.17, 15) is 14.7 Å². The van der Waals surface area contributed by atoms with Crippen LogP contribution in [0, 0.1) is 0 Å². The summed E-state index contributed by atoms with van der Waals surface area (Å²) < 4.78 is 22.0. The fraction of sp³-hybridized carbons (Fsp3) is 0.154. The third-order valence-electron chi connectivity index (χ3n) is 5.81. The van der Waals surface area contributed by atoms with Gasteiger partial charge in [-0.15, -0.1) is 0 Å². The van der Waals surface area contributed by atoms with Gasteiger partial charge in [-0.25, -0.2) is 0 Å². The number of Topliss-reactive ketones (excluding diaryl/α,β-unsaturated/α-hetero) is 1. The Morgan fingerprint density at radius 1 is 0.970 bits per heavy atom. The van der Waals surface area contributed by atoms with Gasteiger partial charge in [0.2, 0.25) is 5.78 Å². The van der Waals surface area contributed by atoms with E-state index in [0.29, 0.717) is 45.3 Å². The number of aromatic hydroxyl groups is 1. The van der Waals surface area contributed by atoms with Crippen LogP contribution in [0.1, 0.15) is 39.4 Å². The largest absolute Gasteiger partial charge is 0.504 e. The number of phenolic OH excluding ortho intramolecular Hbond substituents is 1. The number of para-hydroxylation sites is 1. The van der Waals surface area contributed by atoms with Gasteiger partial charge in [-0.2, -0.15) is 0 Å². The van der Waals surface area contributed by atoms with Crippen LogP contribution >= 0.6 is 0 Å². The first-order valence-electron chi connectivity index (χ1n) is 10.3. The quantitative estimate of drug-likeness (QED) is 0.361. The molecule has 0 bridgehead atoms. The Kier molecular flexibility index (Phi) is 5.01. The molecule has 1 atom stereocenters. The van der Waals surface area contributed by atoms with Crippen LogP contribution in [0.15, 0.2) is 60.4 Å². The van der Waals surface area contributed by atoms with Gasteiger partial charge in [0.05, 0.1) is 26.2 Å². The van der Waals surface area contributed by atoms with E-state index in [-0.39, 0.29) is 23.7 Å². The minimum absolute atomic E-state index is 0.0400. The Bertz CT molecular complexity index is 1320. The van der Waals surface area contributed by atoms with Crippen molar-refractivity contribution in [3.63, 3.8) is 0 Å². The maximum absolute atomic E-state index is 13.1. The molecule has 0 unspecified atom stereocenters. The van der Waals surface area contributed by atoms with Crippen molar-refractivity contribution in [3.05, 3.63) is 82.6 Å². The summed E-state index contributed by atoms with van der Waals surface area (Å²) in [5.41, 5.74) is 2.36. The van der Waals surface area contributed by atoms with Crippen molar-refractivity contribution in [1.82, 2.24) is 0 Å². The molecule has 0 aliphatic carbocycles. The van der Waals surface area contributed by atoms with E-state index < -0.39 is 11.9 Å². The first-order valence-corrected chi connectivity index (χ1v) is 10.3. The minimum Gasteiger partial charge on any atom is -0.504 e. The van der Waals surface area contributed by atoms with E-state index in [1.807, 2.05) is 18.2 Å². The predicted octanol–water partition coefficient (Wildman–Crippen LogP) is 4.47. The topological polar surface area (TPSA) is 91.3 Å². The number of methoxy groups -OCH3 is 2. The Hall–Kier alpha value is -4.26. The lowest BCUT2D eigenvalue weighted by atomic mass is 9.84. The third-order valence-corrected chi connectivity index (χ3v) is 5.81. The molecule has 1 N–H and O–H groups in total. The van der Waals surface area contributed by atoms with Crippen molar-refractivity contribution in [1.29, 1.82) is 0 Å². The van der Waals surface area contributed by atoms with Crippen molar-refractivity contribution < 1.29 is 33.6 Å². The van der Waals surface area contributed by atoms with Crippen molar-refractivity contribution in [2.45, 2.75) is 12.3 Å². The molecule has 166 valence electrons. The van der Waals surface area contributed by atoms with E-state index in [1.54, 1.807) is 49.6 Å². The summed E-state index contributed by atoms with van der Waals surface area (Å²) in [6.07, 6.45) is 1.68. The first-order chi connectivity index (χ1) is 16.0. The molecule has 33 heavy (non-hydrogen) atoms. The number of ether oxygens (including phenoxy) is 4. The second kappa shape index (κ2) is 8.02. The zero-order chi connectivity index (χ0) is 23.1. The molecule has 0 amide bonds. The fourth-order valence-corrected chi connectivity index (χ4v) is 4.24. The van der Waals surface area contributed by atoms with Crippen LogP contribution in [-0.4, -0.2) is 31.1 Å². The minimum atomic E-state index is -0.466. The summed E-state index contributed by atoms with van der Waals surface area (Å²) in [4.78, 5) is 25.4. The number of benzene rings is 3. The second-order valence-electron chi connectivity index (χ2n) is 7.70. The third kappa shape index (κ3) is 3.47. The highest BCUT2D eigenvalue weighted by Crippen LogP contribution is 2.49. The summed E-state index contributed by atoms with van der Waals surface area (Å²) in [5, 5.41) is 10.3. The highest BCUT2D eigenvalue weighted by molar-refractivity contribution is 6.15. The Labute approximate surface area is 189 Å². The van der Waals surface area contributed by atoms with Crippen molar-refractivity contribution in [2.75, 3.05) is 14.2 Å². The highest BCUT2D eigenvalue weighted by atomic mass is 16.5. The molecule has 0 radical (unpaired) electrons. The number of carbonyl (C=O) groups excluding carboxylic acids is 2. The molecule has 3 aromatic carbocycles. The summed E-state index contributed by atoms with van der Waals surface area (Å²) in [6.45, 7) is 0. The van der Waals surface area contributed by atoms with Gasteiger partial charge in [0.15, 0.2) is 17.3 Å². The molecule has 2 aliphatic heterocycles. The van der Waals surface area contributed by atoms with Gasteiger partial charge in [-0.05, 0) is 42.0 Å². The number of hydrogen-bond acceptors (Lipinski definition) is 7. The van der Waals surface area contributed by atoms with Crippen LogP contribution in [0.25, 0.3) is 6.08 Å². The van der Waals surface area contributed by atoms with Crippen LogP contribution in [0.2, 0.25) is 0 Å². The van der Waals surface area contributed by atoms with Gasteiger partial charge in [-0.3, -0.25) is 9.59 Å². The monoisotopic (exact) mass is 444 g/mol. The molecule has 5 rings (SSSR count). The molecule has 0 fully saturated rings. The van der Waals surface area contributed by atoms with Gasteiger partial charge < -0.3 is 24.1 Å². The number of carbonyl (C=O) groups is 2. The molecule has 2 heterocycles. The lowest BCUT2D eigenvalue weighted by Gasteiger charge is -2.26. The molecular formula is C26H20O7. The SMILES string of the molecule is COc1ccc([C@@H]2CC(=O)Oc3ccc4c(c32)O/C(=C\c2ccccc2OC)C4=O)cc1O. The molecule has 0 saturated heterocycles. The number of allylic oxidation sites excluding steroid dienone is 1. The molecule has 7 heteroatoms. The normalized spacial score (nSPS) is 17.8. The first kappa shape index (κ1) is 20.6. The Morgan fingerprint density at radius 3 is 2.52 bits per heavy atom. The molecule has 7 nitrogen and oxygen atoms in total. The van der Waals surface area contributed by atoms with E-state index in [1.165, 1.54) is 7.11 Å². The van der Waals surface area contributed by atoms with Crippen LogP contribution in [0.5, 0.6) is 28.7 Å². The van der Waals surface area contributed by atoms with E-state index in [4.69, 9.17) is 18.9 Å². The smallest absolute Gasteiger partial charge is 0.312 e. The number of ketones is 1. The van der Waals surface area contributed by atoms with E-state index in [0.717, 1.165) is 0 Å². The van der Waals surface area contributed by atoms with Crippen LogP contribution in [0.4, 0.5) is 0 Å². The summed E-state index contributed by atoms with van der Waals surface area (Å²) in [6, 6.07) is 15.5. The number of phenols is 1. The zero-order valence-corrected chi connectivity index (χ0v) is 18.0. The average Bonchev–Trinajstić information content (AvgIpc) is 3.13. The van der Waals surface area contributed by atoms with Crippen molar-refractivity contribution in [3.8, 4) is 28.7 Å². The van der Waals surface area contributed by atoms with Gasteiger partial charge in [0, 0.05) is 17.0 Å². The van der Waals surface area contributed by atoms with E-state index >= 15 is 0 Å². The molecule has 0 spiro atoms. The number of fused-ring (bicyclic) bond motifs is 3. The molecular weight excluding hydrogens is 424 g/mol. The average molecular weight is 444 g/mol. The molecule has 0 saturated carbocycles. The Morgan fingerprint density at radius 2 is 1.76 bits per heavy atom. The van der Waals surface area contributed by atoms with Gasteiger partial charge >= 0.3 is 5.97 Å². The highest BCUT2D eigenvalue weighted by Gasteiger charge is 2.38. The van der Waals surface area contributed by atoms with Gasteiger partial charge in [0.1, 0.15) is 17.2 Å². The number of hydrogen-bond donors (Lipinski definition) is 1. The summed E-state index contributed by atoms with van der Waals surface area (Å²) >= 11 is 0. The second-order valence-corrected chi connectivity index (χ2v) is 7.70. The molecule has 0 aromatic heterocycles. The molecule has 2 aliphatic rings. The van der Waals surface area contributed by atoms with Gasteiger partial charge in [-0.1, -0.05) is 24.3 Å². The lowest BCUT2D eigenvalue weighted by molar-refractivity contribution is -0.135. The molecule has 3 aromatic rings. The Balaban J connectivity index is 1.61. The zero-order valence-electron chi connectivity index (χ0n) is 18.0. The van der Waals surface area contributed by atoms with E-state index in [2.05, 4.69) is 0 Å². The fourth-order valence-electron chi connectivity index (χ4n) is 4.24. The summed E-state index contributed by atoms with van der Waals surface area (Å²) in [7, 11) is 3.02. The van der Waals surface area contributed by atoms with Gasteiger partial charge in [0.25, 0.3) is 0 Å². The van der Waals surface area contributed by atoms with Crippen molar-refractivity contribution in [2.24, 2.45) is 0 Å².